The first-order chi connectivity index (χ1) is 19.1. The molecule has 39 heavy (non-hydrogen) atoms. The first-order valence-electron chi connectivity index (χ1n) is 13.2. The van der Waals surface area contributed by atoms with Crippen LogP contribution in [0.15, 0.2) is 109 Å². The first-order valence-corrected chi connectivity index (χ1v) is 13.2. The molecule has 7 nitrogen and oxygen atoms in total. The minimum atomic E-state index is -1.53. The minimum Gasteiger partial charge on any atom is -0.404 e. The van der Waals surface area contributed by atoms with Crippen molar-refractivity contribution in [1.29, 1.82) is 0 Å². The molecule has 1 fully saturated rings. The van der Waals surface area contributed by atoms with Crippen LogP contribution in [0.2, 0.25) is 0 Å². The second-order valence-electron chi connectivity index (χ2n) is 9.50. The van der Waals surface area contributed by atoms with Gasteiger partial charge in [0, 0.05) is 38.3 Å². The number of esters is 2. The van der Waals surface area contributed by atoms with E-state index in [1.165, 1.54) is 0 Å². The SMILES string of the molecule is O=C1C=CC(=O)OC2(CN(C/C=C/c3ccccc3)CCN2CCOC(c2ccccc2)c2ccccc2)O1. The van der Waals surface area contributed by atoms with Crippen molar-refractivity contribution in [3.8, 4) is 0 Å². The number of hydrogen-bond donors (Lipinski definition) is 0. The Hall–Kier alpha value is -4.04. The van der Waals surface area contributed by atoms with Crippen molar-refractivity contribution >= 4 is 18.0 Å². The van der Waals surface area contributed by atoms with Crippen molar-refractivity contribution in [3.63, 3.8) is 0 Å². The predicted octanol–water partition coefficient (Wildman–Crippen LogP) is 4.43. The summed E-state index contributed by atoms with van der Waals surface area (Å²) in [6, 6.07) is 30.1. The number of carbonyl (C=O) groups excluding carboxylic acids is 2. The van der Waals surface area contributed by atoms with Crippen LogP contribution >= 0.6 is 0 Å². The Kier molecular flexibility index (Phi) is 8.63. The smallest absolute Gasteiger partial charge is 0.335 e. The number of benzene rings is 3. The van der Waals surface area contributed by atoms with Crippen LogP contribution in [0, 0.1) is 0 Å². The second-order valence-corrected chi connectivity index (χ2v) is 9.50. The molecule has 0 amide bonds. The molecular formula is C32H32N2O5. The molecule has 1 saturated heterocycles. The summed E-state index contributed by atoms with van der Waals surface area (Å²) in [7, 11) is 0. The molecule has 2 aliphatic heterocycles. The lowest BCUT2D eigenvalue weighted by atomic mass is 10.0. The lowest BCUT2D eigenvalue weighted by Gasteiger charge is -2.47. The lowest BCUT2D eigenvalue weighted by molar-refractivity contribution is -0.300. The summed E-state index contributed by atoms with van der Waals surface area (Å²) in [5, 5.41) is 0. The summed E-state index contributed by atoms with van der Waals surface area (Å²) in [5.74, 6) is -2.76. The Morgan fingerprint density at radius 2 is 1.36 bits per heavy atom. The number of nitrogens with zero attached hydrogens (tertiary/aromatic N) is 2. The lowest BCUT2D eigenvalue weighted by Crippen LogP contribution is -2.66. The van der Waals surface area contributed by atoms with Gasteiger partial charge in [0.05, 0.1) is 13.2 Å². The van der Waals surface area contributed by atoms with Gasteiger partial charge in [-0.15, -0.1) is 0 Å². The van der Waals surface area contributed by atoms with Crippen molar-refractivity contribution in [2.75, 3.05) is 39.3 Å². The average molecular weight is 525 g/mol. The van der Waals surface area contributed by atoms with Gasteiger partial charge in [0.1, 0.15) is 6.10 Å². The molecule has 0 unspecified atom stereocenters. The second kappa shape index (κ2) is 12.7. The molecule has 0 aliphatic carbocycles. The van der Waals surface area contributed by atoms with Crippen LogP contribution in [0.1, 0.15) is 22.8 Å². The molecule has 2 heterocycles. The fourth-order valence-corrected chi connectivity index (χ4v) is 4.89. The van der Waals surface area contributed by atoms with Gasteiger partial charge in [0.15, 0.2) is 0 Å². The maximum absolute atomic E-state index is 12.5. The van der Waals surface area contributed by atoms with Crippen LogP contribution in [0.4, 0.5) is 0 Å². The summed E-state index contributed by atoms with van der Waals surface area (Å²) in [6.45, 7) is 2.84. The molecule has 0 N–H and O–H groups in total. The van der Waals surface area contributed by atoms with E-state index in [4.69, 9.17) is 14.2 Å². The first kappa shape index (κ1) is 26.6. The van der Waals surface area contributed by atoms with Gasteiger partial charge in [0.2, 0.25) is 0 Å². The molecule has 0 aromatic heterocycles. The molecule has 200 valence electrons. The largest absolute Gasteiger partial charge is 0.404 e. The zero-order valence-electron chi connectivity index (χ0n) is 21.7. The standard InChI is InChI=1S/C32H32N2O5/c35-29-18-19-30(36)39-32(38-29)25-33(20-10-13-26-11-4-1-5-12-26)21-22-34(32)23-24-37-31(27-14-6-2-7-15-27)28-16-8-3-9-17-28/h1-19,31H,20-25H2/b13-10+. The van der Waals surface area contributed by atoms with Gasteiger partial charge >= 0.3 is 17.8 Å². The Labute approximate surface area is 228 Å². The Morgan fingerprint density at radius 3 is 1.95 bits per heavy atom. The number of hydrogen-bond acceptors (Lipinski definition) is 7. The quantitative estimate of drug-likeness (QED) is 0.384. The van der Waals surface area contributed by atoms with E-state index >= 15 is 0 Å². The van der Waals surface area contributed by atoms with Gasteiger partial charge in [-0.3, -0.25) is 4.90 Å². The van der Waals surface area contributed by atoms with Gasteiger partial charge in [-0.1, -0.05) is 103 Å². The van der Waals surface area contributed by atoms with Gasteiger partial charge in [0.25, 0.3) is 0 Å². The van der Waals surface area contributed by atoms with E-state index < -0.39 is 17.8 Å². The van der Waals surface area contributed by atoms with E-state index in [0.29, 0.717) is 32.8 Å². The van der Waals surface area contributed by atoms with E-state index in [9.17, 15) is 9.59 Å². The van der Waals surface area contributed by atoms with E-state index in [-0.39, 0.29) is 12.6 Å². The number of ether oxygens (including phenoxy) is 3. The monoisotopic (exact) mass is 524 g/mol. The fourth-order valence-electron chi connectivity index (χ4n) is 4.89. The highest BCUT2D eigenvalue weighted by Gasteiger charge is 2.49. The van der Waals surface area contributed by atoms with Crippen molar-refractivity contribution < 1.29 is 23.8 Å². The highest BCUT2D eigenvalue weighted by atomic mass is 16.8. The zero-order valence-corrected chi connectivity index (χ0v) is 21.7. The van der Waals surface area contributed by atoms with Gasteiger partial charge in [-0.05, 0) is 16.7 Å². The summed E-state index contributed by atoms with van der Waals surface area (Å²) in [5.41, 5.74) is 3.20. The Bertz CT molecular complexity index is 1230. The van der Waals surface area contributed by atoms with Gasteiger partial charge < -0.3 is 14.2 Å². The molecule has 2 aliphatic rings. The minimum absolute atomic E-state index is 0.228. The zero-order chi connectivity index (χ0) is 26.9. The van der Waals surface area contributed by atoms with Gasteiger partial charge in [-0.25, -0.2) is 14.5 Å². The van der Waals surface area contributed by atoms with Gasteiger partial charge in [-0.2, -0.15) is 0 Å². The van der Waals surface area contributed by atoms with Crippen LogP contribution in [0.25, 0.3) is 6.08 Å². The van der Waals surface area contributed by atoms with E-state index in [0.717, 1.165) is 28.8 Å². The Balaban J connectivity index is 1.29. The highest BCUT2D eigenvalue weighted by Crippen LogP contribution is 2.29. The third-order valence-electron chi connectivity index (χ3n) is 6.79. The van der Waals surface area contributed by atoms with Crippen LogP contribution < -0.4 is 0 Å². The third-order valence-corrected chi connectivity index (χ3v) is 6.79. The predicted molar refractivity (Wildman–Crippen MR) is 148 cm³/mol. The molecule has 1 spiro atoms. The number of piperazine rings is 1. The molecule has 7 heteroatoms. The number of carbonyl (C=O) groups is 2. The normalized spacial score (nSPS) is 17.9. The van der Waals surface area contributed by atoms with E-state index in [1.54, 1.807) is 0 Å². The van der Waals surface area contributed by atoms with Crippen molar-refractivity contribution in [1.82, 2.24) is 9.80 Å². The van der Waals surface area contributed by atoms with Crippen molar-refractivity contribution in [2.45, 2.75) is 12.0 Å². The fraction of sp³-hybridized carbons (Fsp3) is 0.250. The summed E-state index contributed by atoms with van der Waals surface area (Å²) in [6.07, 6.45) is 6.08. The summed E-state index contributed by atoms with van der Waals surface area (Å²) >= 11 is 0. The van der Waals surface area contributed by atoms with Crippen molar-refractivity contribution in [3.05, 3.63) is 126 Å². The van der Waals surface area contributed by atoms with Crippen LogP contribution in [-0.2, 0) is 23.8 Å². The molecule has 5 rings (SSSR count). The Morgan fingerprint density at radius 1 is 0.795 bits per heavy atom. The van der Waals surface area contributed by atoms with E-state index in [1.807, 2.05) is 102 Å². The summed E-state index contributed by atoms with van der Waals surface area (Å²) < 4.78 is 18.0. The molecule has 3 aromatic rings. The van der Waals surface area contributed by atoms with E-state index in [2.05, 4.69) is 11.0 Å². The third kappa shape index (κ3) is 6.89. The molecular weight excluding hydrogens is 492 g/mol. The maximum Gasteiger partial charge on any atom is 0.335 e. The summed E-state index contributed by atoms with van der Waals surface area (Å²) in [4.78, 5) is 28.9. The molecule has 0 atom stereocenters. The van der Waals surface area contributed by atoms with Crippen LogP contribution in [0.5, 0.6) is 0 Å². The highest BCUT2D eigenvalue weighted by molar-refractivity contribution is 5.93. The maximum atomic E-state index is 12.5. The molecule has 3 aromatic carbocycles. The van der Waals surface area contributed by atoms with Crippen LogP contribution in [-0.4, -0.2) is 67.0 Å². The number of rotatable bonds is 9. The topological polar surface area (TPSA) is 68.3 Å². The molecule has 0 radical (unpaired) electrons. The molecule has 0 bridgehead atoms. The van der Waals surface area contributed by atoms with Crippen molar-refractivity contribution in [2.24, 2.45) is 0 Å². The van der Waals surface area contributed by atoms with Crippen LogP contribution in [0.3, 0.4) is 0 Å². The molecule has 0 saturated carbocycles. The average Bonchev–Trinajstić information content (AvgIpc) is 3.11.